The highest BCUT2D eigenvalue weighted by atomic mass is 35.5. The van der Waals surface area contributed by atoms with Crippen LogP contribution >= 0.6 is 11.6 Å². The van der Waals surface area contributed by atoms with Gasteiger partial charge in [-0.05, 0) is 13.0 Å². The molecule has 0 aliphatic carbocycles. The molecule has 5 heteroatoms. The molecule has 1 N–H and O–H groups in total. The maximum Gasteiger partial charge on any atom is 0.332 e. The van der Waals surface area contributed by atoms with E-state index in [9.17, 15) is 9.18 Å². The number of carboxylic acids is 1. The molecule has 15 heavy (non-hydrogen) atoms. The third-order valence-electron chi connectivity index (χ3n) is 1.87. The third kappa shape index (κ3) is 3.18. The fourth-order valence-corrected chi connectivity index (χ4v) is 1.14. The summed E-state index contributed by atoms with van der Waals surface area (Å²) in [5.74, 6) is -1.66. The molecule has 0 amide bonds. The predicted molar refractivity (Wildman–Crippen MR) is 53.3 cm³/mol. The van der Waals surface area contributed by atoms with Crippen LogP contribution < -0.4 is 0 Å². The maximum absolute atomic E-state index is 13.3. The first-order valence-corrected chi connectivity index (χ1v) is 4.67. The summed E-state index contributed by atoms with van der Waals surface area (Å²) >= 11 is 5.54. The third-order valence-corrected chi connectivity index (χ3v) is 2.16. The van der Waals surface area contributed by atoms with Crippen LogP contribution in [0.4, 0.5) is 4.39 Å². The monoisotopic (exact) mass is 232 g/mol. The second-order valence-corrected chi connectivity index (χ2v) is 3.41. The van der Waals surface area contributed by atoms with E-state index in [1.165, 1.54) is 19.1 Å². The highest BCUT2D eigenvalue weighted by Gasteiger charge is 2.13. The van der Waals surface area contributed by atoms with E-state index in [1.54, 1.807) is 6.07 Å². The average molecular weight is 233 g/mol. The Kier molecular flexibility index (Phi) is 4.05. The van der Waals surface area contributed by atoms with Crippen molar-refractivity contribution >= 4 is 17.6 Å². The first-order chi connectivity index (χ1) is 7.02. The van der Waals surface area contributed by atoms with Gasteiger partial charge in [0.25, 0.3) is 0 Å². The van der Waals surface area contributed by atoms with Gasteiger partial charge in [0.15, 0.2) is 6.10 Å². The number of hydrogen-bond acceptors (Lipinski definition) is 2. The summed E-state index contributed by atoms with van der Waals surface area (Å²) in [4.78, 5) is 10.4. The molecule has 1 aromatic carbocycles. The van der Waals surface area contributed by atoms with E-state index < -0.39 is 17.9 Å². The van der Waals surface area contributed by atoms with Crippen molar-refractivity contribution in [2.24, 2.45) is 0 Å². The van der Waals surface area contributed by atoms with Gasteiger partial charge in [0.1, 0.15) is 5.82 Å². The number of carbonyl (C=O) groups is 1. The summed E-state index contributed by atoms with van der Waals surface area (Å²) in [6.45, 7) is 1.27. The van der Waals surface area contributed by atoms with Crippen molar-refractivity contribution in [1.29, 1.82) is 0 Å². The van der Waals surface area contributed by atoms with E-state index in [1.807, 2.05) is 0 Å². The van der Waals surface area contributed by atoms with Gasteiger partial charge in [0.2, 0.25) is 0 Å². The van der Waals surface area contributed by atoms with Gasteiger partial charge in [0, 0.05) is 5.56 Å². The number of halogens is 2. The lowest BCUT2D eigenvalue weighted by molar-refractivity contribution is -0.149. The largest absolute Gasteiger partial charge is 0.479 e. The van der Waals surface area contributed by atoms with Gasteiger partial charge in [0.05, 0.1) is 11.6 Å². The van der Waals surface area contributed by atoms with E-state index >= 15 is 0 Å². The molecule has 0 bridgehead atoms. The smallest absolute Gasteiger partial charge is 0.332 e. The standard InChI is InChI=1S/C10H10ClFO3/c1-6(10(13)14)15-5-7-3-2-4-8(11)9(7)12/h2-4,6H,5H2,1H3,(H,13,14)/t6-/m0/s1. The van der Waals surface area contributed by atoms with Crippen LogP contribution in [0.2, 0.25) is 5.02 Å². The Labute approximate surface area is 91.4 Å². The van der Waals surface area contributed by atoms with Crippen LogP contribution in [0.25, 0.3) is 0 Å². The number of hydrogen-bond donors (Lipinski definition) is 1. The Morgan fingerprint density at radius 2 is 2.33 bits per heavy atom. The van der Waals surface area contributed by atoms with Crippen LogP contribution in [0.1, 0.15) is 12.5 Å². The quantitative estimate of drug-likeness (QED) is 0.868. The number of ether oxygens (including phenoxy) is 1. The molecular formula is C10H10ClFO3. The van der Waals surface area contributed by atoms with Gasteiger partial charge in [-0.25, -0.2) is 9.18 Å². The zero-order valence-electron chi connectivity index (χ0n) is 8.04. The van der Waals surface area contributed by atoms with E-state index in [0.29, 0.717) is 0 Å². The molecule has 3 nitrogen and oxygen atoms in total. The van der Waals surface area contributed by atoms with E-state index in [4.69, 9.17) is 21.4 Å². The Balaban J connectivity index is 2.66. The highest BCUT2D eigenvalue weighted by Crippen LogP contribution is 2.18. The molecule has 1 rings (SSSR count). The van der Waals surface area contributed by atoms with Crippen molar-refractivity contribution in [2.75, 3.05) is 0 Å². The van der Waals surface area contributed by atoms with E-state index in [-0.39, 0.29) is 17.2 Å². The molecule has 82 valence electrons. The summed E-state index contributed by atoms with van der Waals surface area (Å²) in [7, 11) is 0. The Hall–Kier alpha value is -1.13. The minimum Gasteiger partial charge on any atom is -0.479 e. The molecule has 0 spiro atoms. The number of carboxylic acid groups (broad SMARTS) is 1. The first-order valence-electron chi connectivity index (χ1n) is 4.29. The SMILES string of the molecule is C[C@H](OCc1cccc(Cl)c1F)C(=O)O. The van der Waals surface area contributed by atoms with Gasteiger partial charge in [-0.1, -0.05) is 23.7 Å². The first kappa shape index (κ1) is 11.9. The fourth-order valence-electron chi connectivity index (χ4n) is 0.946. The number of benzene rings is 1. The van der Waals surface area contributed by atoms with Gasteiger partial charge in [-0.2, -0.15) is 0 Å². The van der Waals surface area contributed by atoms with Crippen molar-refractivity contribution < 1.29 is 19.0 Å². The van der Waals surface area contributed by atoms with Crippen molar-refractivity contribution in [2.45, 2.75) is 19.6 Å². The number of rotatable bonds is 4. The van der Waals surface area contributed by atoms with Crippen LogP contribution in [-0.2, 0) is 16.1 Å². The summed E-state index contributed by atoms with van der Waals surface area (Å²) in [5, 5.41) is 8.54. The topological polar surface area (TPSA) is 46.5 Å². The van der Waals surface area contributed by atoms with Crippen LogP contribution in [0.3, 0.4) is 0 Å². The molecule has 1 atom stereocenters. The van der Waals surface area contributed by atoms with Crippen molar-refractivity contribution in [3.63, 3.8) is 0 Å². The van der Waals surface area contributed by atoms with Gasteiger partial charge in [-0.15, -0.1) is 0 Å². The van der Waals surface area contributed by atoms with Crippen LogP contribution in [0.5, 0.6) is 0 Å². The minimum absolute atomic E-state index is 0.000854. The Morgan fingerprint density at radius 3 is 2.93 bits per heavy atom. The van der Waals surface area contributed by atoms with Crippen LogP contribution in [0.15, 0.2) is 18.2 Å². The molecule has 0 unspecified atom stereocenters. The van der Waals surface area contributed by atoms with Crippen molar-refractivity contribution in [1.82, 2.24) is 0 Å². The van der Waals surface area contributed by atoms with E-state index in [0.717, 1.165) is 0 Å². The second-order valence-electron chi connectivity index (χ2n) is 3.00. The van der Waals surface area contributed by atoms with Gasteiger partial charge < -0.3 is 9.84 Å². The lowest BCUT2D eigenvalue weighted by atomic mass is 10.2. The molecule has 0 aromatic heterocycles. The van der Waals surface area contributed by atoms with Crippen molar-refractivity contribution in [3.8, 4) is 0 Å². The molecule has 0 aliphatic heterocycles. The second kappa shape index (κ2) is 5.09. The molecule has 0 radical (unpaired) electrons. The van der Waals surface area contributed by atoms with Crippen LogP contribution in [-0.4, -0.2) is 17.2 Å². The average Bonchev–Trinajstić information content (AvgIpc) is 2.19. The van der Waals surface area contributed by atoms with Gasteiger partial charge >= 0.3 is 5.97 Å². The lowest BCUT2D eigenvalue weighted by Gasteiger charge is -2.09. The number of aliphatic carboxylic acids is 1. The molecule has 0 saturated carbocycles. The normalized spacial score (nSPS) is 12.5. The molecule has 0 heterocycles. The van der Waals surface area contributed by atoms with Gasteiger partial charge in [-0.3, -0.25) is 0 Å². The summed E-state index contributed by atoms with van der Waals surface area (Å²) in [6, 6.07) is 4.49. The highest BCUT2D eigenvalue weighted by molar-refractivity contribution is 6.30. The fraction of sp³-hybridized carbons (Fsp3) is 0.300. The van der Waals surface area contributed by atoms with E-state index in [2.05, 4.69) is 0 Å². The molecular weight excluding hydrogens is 223 g/mol. The molecule has 0 aliphatic rings. The molecule has 1 aromatic rings. The minimum atomic E-state index is -1.09. The summed E-state index contributed by atoms with van der Waals surface area (Å²) in [5.41, 5.74) is 0.246. The Morgan fingerprint density at radius 1 is 1.67 bits per heavy atom. The summed E-state index contributed by atoms with van der Waals surface area (Å²) < 4.78 is 18.2. The maximum atomic E-state index is 13.3. The predicted octanol–water partition coefficient (Wildman–Crippen LogP) is 2.47. The molecule has 0 fully saturated rings. The molecule has 0 saturated heterocycles. The lowest BCUT2D eigenvalue weighted by Crippen LogP contribution is -2.19. The zero-order valence-corrected chi connectivity index (χ0v) is 8.79. The van der Waals surface area contributed by atoms with Crippen molar-refractivity contribution in [3.05, 3.63) is 34.6 Å². The Bertz CT molecular complexity index is 368. The van der Waals surface area contributed by atoms with Crippen LogP contribution in [0, 0.1) is 5.82 Å². The zero-order chi connectivity index (χ0) is 11.4. The summed E-state index contributed by atoms with van der Waals surface area (Å²) in [6.07, 6.45) is -0.969.